The smallest absolute Gasteiger partial charge is 0.274 e. The quantitative estimate of drug-likeness (QED) is 0.611. The predicted molar refractivity (Wildman–Crippen MR) is 72.0 cm³/mol. The Morgan fingerprint density at radius 3 is 2.95 bits per heavy atom. The molecule has 4 nitrogen and oxygen atoms in total. The van der Waals surface area contributed by atoms with Crippen molar-refractivity contribution in [1.82, 2.24) is 10.4 Å². The Labute approximate surface area is 117 Å². The molecule has 2 aliphatic rings. The molecule has 0 aromatic heterocycles. The van der Waals surface area contributed by atoms with Crippen LogP contribution in [0.4, 0.5) is 4.39 Å². The minimum atomic E-state index is -0.666. The van der Waals surface area contributed by atoms with Crippen LogP contribution in [-0.4, -0.2) is 28.6 Å². The summed E-state index contributed by atoms with van der Waals surface area (Å²) in [6.07, 6.45) is 1.85. The Kier molecular flexibility index (Phi) is 3.06. The van der Waals surface area contributed by atoms with Gasteiger partial charge >= 0.3 is 0 Å². The average molecular weight is 278 g/mol. The Balaban J connectivity index is 1.95. The lowest BCUT2D eigenvalue weighted by atomic mass is 9.87. The summed E-state index contributed by atoms with van der Waals surface area (Å²) < 4.78 is 14.2. The van der Waals surface area contributed by atoms with Crippen LogP contribution in [0.5, 0.6) is 0 Å². The molecule has 0 spiro atoms. The Morgan fingerprint density at radius 2 is 2.25 bits per heavy atom. The standard InChI is InChI=1S/C15H19FN2O2/c1-15(2)6-11-4-9-3-10(14(19)17-20)5-13(16)12(9)7-18(11)8-15/h3,5,11,20H,4,6-8H2,1-2H3,(H,17,19)/t11-/m1/s1. The third kappa shape index (κ3) is 2.21. The van der Waals surface area contributed by atoms with Crippen LogP contribution in [0.3, 0.4) is 0 Å². The molecule has 1 saturated heterocycles. The van der Waals surface area contributed by atoms with Gasteiger partial charge in [0.1, 0.15) is 5.82 Å². The maximum Gasteiger partial charge on any atom is 0.274 e. The van der Waals surface area contributed by atoms with Crippen LogP contribution >= 0.6 is 0 Å². The van der Waals surface area contributed by atoms with Gasteiger partial charge in [-0.2, -0.15) is 0 Å². The highest BCUT2D eigenvalue weighted by molar-refractivity contribution is 5.93. The molecular formula is C15H19FN2O2. The summed E-state index contributed by atoms with van der Waals surface area (Å²) in [6, 6.07) is 3.32. The van der Waals surface area contributed by atoms with E-state index in [0.717, 1.165) is 24.9 Å². The number of carbonyl (C=O) groups excluding carboxylic acids is 1. The van der Waals surface area contributed by atoms with Crippen molar-refractivity contribution < 1.29 is 14.4 Å². The summed E-state index contributed by atoms with van der Waals surface area (Å²) in [4.78, 5) is 13.8. The number of rotatable bonds is 1. The third-order valence-corrected chi connectivity index (χ3v) is 4.40. The molecule has 2 N–H and O–H groups in total. The molecular weight excluding hydrogens is 259 g/mol. The van der Waals surface area contributed by atoms with Crippen molar-refractivity contribution in [3.63, 3.8) is 0 Å². The minimum absolute atomic E-state index is 0.175. The van der Waals surface area contributed by atoms with E-state index in [4.69, 9.17) is 5.21 Å². The number of fused-ring (bicyclic) bond motifs is 2. The van der Waals surface area contributed by atoms with E-state index in [1.165, 1.54) is 6.07 Å². The molecule has 2 aliphatic heterocycles. The zero-order valence-electron chi connectivity index (χ0n) is 11.7. The minimum Gasteiger partial charge on any atom is -0.295 e. The summed E-state index contributed by atoms with van der Waals surface area (Å²) in [5, 5.41) is 8.67. The van der Waals surface area contributed by atoms with Crippen molar-refractivity contribution in [2.45, 2.75) is 39.3 Å². The van der Waals surface area contributed by atoms with E-state index in [-0.39, 0.29) is 16.8 Å². The zero-order chi connectivity index (χ0) is 14.5. The number of halogens is 1. The largest absolute Gasteiger partial charge is 0.295 e. The number of carbonyl (C=O) groups is 1. The van der Waals surface area contributed by atoms with Crippen LogP contribution in [0.2, 0.25) is 0 Å². The highest BCUT2D eigenvalue weighted by Crippen LogP contribution is 2.40. The van der Waals surface area contributed by atoms with Gasteiger partial charge in [0.15, 0.2) is 0 Å². The van der Waals surface area contributed by atoms with Crippen LogP contribution in [0.25, 0.3) is 0 Å². The SMILES string of the molecule is CC1(C)C[C@H]2Cc3cc(C(=O)NO)cc(F)c3CN2C1. The van der Waals surface area contributed by atoms with Crippen LogP contribution in [0, 0.1) is 11.2 Å². The summed E-state index contributed by atoms with van der Waals surface area (Å²) in [6.45, 7) is 6.06. The van der Waals surface area contributed by atoms with E-state index in [1.807, 2.05) is 0 Å². The van der Waals surface area contributed by atoms with Gasteiger partial charge in [0, 0.05) is 30.3 Å². The second-order valence-corrected chi connectivity index (χ2v) is 6.67. The first-order valence-corrected chi connectivity index (χ1v) is 6.89. The van der Waals surface area contributed by atoms with Crippen LogP contribution in [-0.2, 0) is 13.0 Å². The number of benzene rings is 1. The topological polar surface area (TPSA) is 52.6 Å². The van der Waals surface area contributed by atoms with Gasteiger partial charge < -0.3 is 0 Å². The van der Waals surface area contributed by atoms with Crippen molar-refractivity contribution in [2.75, 3.05) is 6.54 Å². The molecule has 5 heteroatoms. The molecule has 0 aliphatic carbocycles. The molecule has 0 saturated carbocycles. The lowest BCUT2D eigenvalue weighted by Crippen LogP contribution is -2.36. The fourth-order valence-electron chi connectivity index (χ4n) is 3.60. The van der Waals surface area contributed by atoms with Crippen LogP contribution < -0.4 is 5.48 Å². The van der Waals surface area contributed by atoms with Gasteiger partial charge in [-0.1, -0.05) is 13.8 Å². The van der Waals surface area contributed by atoms with Gasteiger partial charge in [0.2, 0.25) is 0 Å². The first-order valence-electron chi connectivity index (χ1n) is 6.89. The van der Waals surface area contributed by atoms with E-state index in [1.54, 1.807) is 11.5 Å². The Hall–Kier alpha value is -1.46. The molecule has 2 heterocycles. The number of hydrogen-bond donors (Lipinski definition) is 2. The fourth-order valence-corrected chi connectivity index (χ4v) is 3.60. The monoisotopic (exact) mass is 278 g/mol. The van der Waals surface area contributed by atoms with Gasteiger partial charge in [-0.15, -0.1) is 0 Å². The van der Waals surface area contributed by atoms with E-state index >= 15 is 0 Å². The molecule has 1 aromatic carbocycles. The lowest BCUT2D eigenvalue weighted by molar-refractivity contribution is 0.0705. The molecule has 20 heavy (non-hydrogen) atoms. The molecule has 1 atom stereocenters. The molecule has 0 unspecified atom stereocenters. The molecule has 0 radical (unpaired) electrons. The molecule has 108 valence electrons. The van der Waals surface area contributed by atoms with E-state index < -0.39 is 5.91 Å². The number of hydroxylamine groups is 1. The number of amides is 1. The molecule has 1 amide bonds. The number of hydrogen-bond acceptors (Lipinski definition) is 3. The number of nitrogens with zero attached hydrogens (tertiary/aromatic N) is 1. The molecule has 1 aromatic rings. The van der Waals surface area contributed by atoms with E-state index in [9.17, 15) is 9.18 Å². The maximum atomic E-state index is 14.2. The number of nitrogens with one attached hydrogen (secondary N) is 1. The normalized spacial score (nSPS) is 24.1. The van der Waals surface area contributed by atoms with Crippen molar-refractivity contribution >= 4 is 5.91 Å². The van der Waals surface area contributed by atoms with Crippen LogP contribution in [0.1, 0.15) is 41.8 Å². The third-order valence-electron chi connectivity index (χ3n) is 4.40. The van der Waals surface area contributed by atoms with Gasteiger partial charge in [0.25, 0.3) is 5.91 Å². The van der Waals surface area contributed by atoms with Gasteiger partial charge in [0.05, 0.1) is 0 Å². The predicted octanol–water partition coefficient (Wildman–Crippen LogP) is 2.10. The van der Waals surface area contributed by atoms with E-state index in [2.05, 4.69) is 18.7 Å². The van der Waals surface area contributed by atoms with Gasteiger partial charge in [-0.25, -0.2) is 9.87 Å². The summed E-state index contributed by atoms with van der Waals surface area (Å²) >= 11 is 0. The Morgan fingerprint density at radius 1 is 1.50 bits per heavy atom. The first-order chi connectivity index (χ1) is 9.39. The molecule has 3 rings (SSSR count). The molecule has 0 bridgehead atoms. The first kappa shape index (κ1) is 13.5. The zero-order valence-corrected chi connectivity index (χ0v) is 11.7. The van der Waals surface area contributed by atoms with Crippen molar-refractivity contribution in [1.29, 1.82) is 0 Å². The van der Waals surface area contributed by atoms with Gasteiger partial charge in [-0.05, 0) is 36.0 Å². The summed E-state index contributed by atoms with van der Waals surface area (Å²) in [5.41, 5.74) is 3.57. The highest BCUT2D eigenvalue weighted by atomic mass is 19.1. The second-order valence-electron chi connectivity index (χ2n) is 6.67. The fraction of sp³-hybridized carbons (Fsp3) is 0.533. The van der Waals surface area contributed by atoms with E-state index in [0.29, 0.717) is 18.2 Å². The highest BCUT2D eigenvalue weighted by Gasteiger charge is 2.40. The van der Waals surface area contributed by atoms with Gasteiger partial charge in [-0.3, -0.25) is 14.9 Å². The summed E-state index contributed by atoms with van der Waals surface area (Å²) in [7, 11) is 0. The summed E-state index contributed by atoms with van der Waals surface area (Å²) in [5.74, 6) is -1.02. The van der Waals surface area contributed by atoms with Crippen molar-refractivity contribution in [2.24, 2.45) is 5.41 Å². The maximum absolute atomic E-state index is 14.2. The van der Waals surface area contributed by atoms with Crippen LogP contribution in [0.15, 0.2) is 12.1 Å². The average Bonchev–Trinajstić information content (AvgIpc) is 2.68. The second kappa shape index (κ2) is 4.53. The molecule has 1 fully saturated rings. The Bertz CT molecular complexity index is 571. The van der Waals surface area contributed by atoms with Crippen molar-refractivity contribution in [3.05, 3.63) is 34.6 Å². The van der Waals surface area contributed by atoms with Crippen molar-refractivity contribution in [3.8, 4) is 0 Å². The lowest BCUT2D eigenvalue weighted by Gasteiger charge is -2.31.